The molecule has 0 saturated carbocycles. The molecule has 1 aromatic carbocycles. The fraction of sp³-hybridized carbons (Fsp3) is 0.318. The zero-order valence-corrected chi connectivity index (χ0v) is 15.7. The maximum absolute atomic E-state index is 13.1. The van der Waals surface area contributed by atoms with Gasteiger partial charge in [-0.05, 0) is 43.4 Å². The summed E-state index contributed by atoms with van der Waals surface area (Å²) in [7, 11) is 0. The van der Waals surface area contributed by atoms with E-state index < -0.39 is 18.1 Å². The molecule has 3 nitrogen and oxygen atoms in total. The number of aromatic nitrogens is 1. The van der Waals surface area contributed by atoms with Gasteiger partial charge in [-0.1, -0.05) is 42.5 Å². The van der Waals surface area contributed by atoms with Crippen LogP contribution >= 0.6 is 0 Å². The maximum Gasteiger partial charge on any atom is 0.392 e. The van der Waals surface area contributed by atoms with Crippen LogP contribution in [0.1, 0.15) is 24.6 Å². The van der Waals surface area contributed by atoms with Gasteiger partial charge in [-0.15, -0.1) is 6.58 Å². The third-order valence-corrected chi connectivity index (χ3v) is 4.58. The Hall–Kier alpha value is -2.76. The number of carboxylic acid groups (broad SMARTS) is 1. The Kier molecular flexibility index (Phi) is 7.26. The molecule has 1 aliphatic carbocycles. The maximum atomic E-state index is 13.1. The van der Waals surface area contributed by atoms with Crippen molar-refractivity contribution in [1.29, 1.82) is 0 Å². The molecule has 0 amide bonds. The van der Waals surface area contributed by atoms with Crippen molar-refractivity contribution in [2.75, 3.05) is 0 Å². The van der Waals surface area contributed by atoms with Gasteiger partial charge in [0, 0.05) is 24.0 Å². The Morgan fingerprint density at radius 2 is 1.96 bits per heavy atom. The number of halogens is 3. The fourth-order valence-corrected chi connectivity index (χ4v) is 3.39. The summed E-state index contributed by atoms with van der Waals surface area (Å²) in [5, 5.41) is 8.77. The highest BCUT2D eigenvalue weighted by Crippen LogP contribution is 2.39. The molecular weight excluding hydrogens is 367 g/mol. The SMILES string of the molecule is C=CC.O=C(O)/C=C/Cn1c(-c2ccccc2)cc2c1CCC(C(F)(F)F)C2. The van der Waals surface area contributed by atoms with Crippen LogP contribution in [0.3, 0.4) is 0 Å². The molecule has 1 N–H and O–H groups in total. The summed E-state index contributed by atoms with van der Waals surface area (Å²) in [4.78, 5) is 10.7. The van der Waals surface area contributed by atoms with Crippen molar-refractivity contribution >= 4 is 5.97 Å². The van der Waals surface area contributed by atoms with Crippen LogP contribution in [0.4, 0.5) is 13.2 Å². The number of allylic oxidation sites excluding steroid dienone is 2. The first-order valence-corrected chi connectivity index (χ1v) is 9.07. The van der Waals surface area contributed by atoms with E-state index in [0.717, 1.165) is 23.0 Å². The molecule has 0 radical (unpaired) electrons. The van der Waals surface area contributed by atoms with E-state index in [9.17, 15) is 18.0 Å². The summed E-state index contributed by atoms with van der Waals surface area (Å²) >= 11 is 0. The summed E-state index contributed by atoms with van der Waals surface area (Å²) in [6.45, 7) is 5.57. The smallest absolute Gasteiger partial charge is 0.392 e. The molecular formula is C22H24F3NO2. The third kappa shape index (κ3) is 5.38. The topological polar surface area (TPSA) is 42.2 Å². The normalized spacial score (nSPS) is 16.2. The molecule has 0 saturated heterocycles. The monoisotopic (exact) mass is 391 g/mol. The zero-order chi connectivity index (χ0) is 20.7. The lowest BCUT2D eigenvalue weighted by molar-refractivity contribution is -0.177. The van der Waals surface area contributed by atoms with Crippen molar-refractivity contribution in [2.45, 2.75) is 38.9 Å². The summed E-state index contributed by atoms with van der Waals surface area (Å²) in [5.41, 5.74) is 3.30. The summed E-state index contributed by atoms with van der Waals surface area (Å²) in [6.07, 6.45) is 0.530. The van der Waals surface area contributed by atoms with Gasteiger partial charge in [-0.2, -0.15) is 13.2 Å². The van der Waals surface area contributed by atoms with Gasteiger partial charge in [-0.25, -0.2) is 4.79 Å². The van der Waals surface area contributed by atoms with Crippen LogP contribution in [0.2, 0.25) is 0 Å². The second kappa shape index (κ2) is 9.44. The highest BCUT2D eigenvalue weighted by molar-refractivity contribution is 5.79. The minimum absolute atomic E-state index is 0.0195. The molecule has 1 aromatic heterocycles. The number of hydrogen-bond donors (Lipinski definition) is 1. The van der Waals surface area contributed by atoms with Crippen molar-refractivity contribution in [3.8, 4) is 11.3 Å². The number of alkyl halides is 3. The van der Waals surface area contributed by atoms with E-state index in [-0.39, 0.29) is 12.8 Å². The van der Waals surface area contributed by atoms with Gasteiger partial charge in [-0.3, -0.25) is 0 Å². The van der Waals surface area contributed by atoms with E-state index in [0.29, 0.717) is 18.5 Å². The predicted octanol–water partition coefficient (Wildman–Crippen LogP) is 5.66. The first-order valence-electron chi connectivity index (χ1n) is 9.07. The number of carboxylic acids is 1. The number of rotatable bonds is 4. The second-order valence-corrected chi connectivity index (χ2v) is 6.61. The molecule has 1 heterocycles. The fourth-order valence-electron chi connectivity index (χ4n) is 3.39. The van der Waals surface area contributed by atoms with E-state index in [1.165, 1.54) is 6.08 Å². The van der Waals surface area contributed by atoms with Crippen molar-refractivity contribution in [2.24, 2.45) is 5.92 Å². The lowest BCUT2D eigenvalue weighted by Gasteiger charge is -2.25. The number of benzene rings is 1. The van der Waals surface area contributed by atoms with Crippen LogP contribution in [-0.4, -0.2) is 21.8 Å². The van der Waals surface area contributed by atoms with Crippen molar-refractivity contribution < 1.29 is 23.1 Å². The van der Waals surface area contributed by atoms with E-state index in [2.05, 4.69) is 6.58 Å². The first kappa shape index (κ1) is 21.5. The Bertz CT molecular complexity index is 835. The molecule has 0 bridgehead atoms. The van der Waals surface area contributed by atoms with E-state index in [4.69, 9.17) is 5.11 Å². The molecule has 28 heavy (non-hydrogen) atoms. The van der Waals surface area contributed by atoms with Crippen LogP contribution in [0.15, 0.2) is 61.2 Å². The standard InChI is InChI=1S/C19H18F3NO2.C3H6/c20-19(21,22)15-8-9-16-14(11-15)12-17(13-5-2-1-3-6-13)23(16)10-4-7-18(24)25;1-3-2/h1-7,12,15H,8-11H2,(H,24,25);3H,1H2,2H3/b7-4+;. The molecule has 0 spiro atoms. The van der Waals surface area contributed by atoms with Crippen molar-refractivity contribution in [1.82, 2.24) is 4.57 Å². The predicted molar refractivity (Wildman–Crippen MR) is 104 cm³/mol. The molecule has 2 aromatic rings. The van der Waals surface area contributed by atoms with Crippen LogP contribution in [0.5, 0.6) is 0 Å². The molecule has 0 fully saturated rings. The van der Waals surface area contributed by atoms with E-state index in [1.54, 1.807) is 6.08 Å². The first-order chi connectivity index (χ1) is 13.3. The van der Waals surface area contributed by atoms with Gasteiger partial charge in [0.2, 0.25) is 0 Å². The molecule has 3 rings (SSSR count). The van der Waals surface area contributed by atoms with Crippen LogP contribution in [0, 0.1) is 5.92 Å². The molecule has 6 heteroatoms. The van der Waals surface area contributed by atoms with Gasteiger partial charge in [0.1, 0.15) is 0 Å². The zero-order valence-electron chi connectivity index (χ0n) is 15.7. The van der Waals surface area contributed by atoms with E-state index in [1.807, 2.05) is 47.9 Å². The molecule has 150 valence electrons. The number of nitrogens with zero attached hydrogens (tertiary/aromatic N) is 1. The lowest BCUT2D eigenvalue weighted by Crippen LogP contribution is -2.29. The average molecular weight is 391 g/mol. The molecule has 0 aliphatic heterocycles. The summed E-state index contributed by atoms with van der Waals surface area (Å²) in [6, 6.07) is 11.2. The lowest BCUT2D eigenvalue weighted by atomic mass is 9.87. The van der Waals surface area contributed by atoms with Gasteiger partial charge in [0.05, 0.1) is 5.92 Å². The van der Waals surface area contributed by atoms with E-state index >= 15 is 0 Å². The van der Waals surface area contributed by atoms with Crippen LogP contribution in [-0.2, 0) is 24.2 Å². The van der Waals surface area contributed by atoms with Gasteiger partial charge >= 0.3 is 12.1 Å². The molecule has 1 aliphatic rings. The average Bonchev–Trinajstić information content (AvgIpc) is 3.00. The minimum Gasteiger partial charge on any atom is -0.478 e. The summed E-state index contributed by atoms with van der Waals surface area (Å²) < 4.78 is 41.1. The van der Waals surface area contributed by atoms with Crippen LogP contribution < -0.4 is 0 Å². The number of fused-ring (bicyclic) bond motifs is 1. The molecule has 1 atom stereocenters. The number of carbonyl (C=O) groups is 1. The highest BCUT2D eigenvalue weighted by Gasteiger charge is 2.42. The van der Waals surface area contributed by atoms with Crippen molar-refractivity contribution in [3.05, 3.63) is 72.5 Å². The Balaban J connectivity index is 0.000000878. The third-order valence-electron chi connectivity index (χ3n) is 4.58. The quantitative estimate of drug-likeness (QED) is 0.540. The van der Waals surface area contributed by atoms with Gasteiger partial charge < -0.3 is 9.67 Å². The largest absolute Gasteiger partial charge is 0.478 e. The summed E-state index contributed by atoms with van der Waals surface area (Å²) in [5.74, 6) is -2.35. The van der Waals surface area contributed by atoms with Gasteiger partial charge in [0.15, 0.2) is 0 Å². The Labute approximate surface area is 162 Å². The minimum atomic E-state index is -4.18. The second-order valence-electron chi connectivity index (χ2n) is 6.61. The number of hydrogen-bond acceptors (Lipinski definition) is 1. The van der Waals surface area contributed by atoms with Crippen LogP contribution in [0.25, 0.3) is 11.3 Å². The number of aliphatic carboxylic acids is 1. The Morgan fingerprint density at radius 3 is 2.54 bits per heavy atom. The Morgan fingerprint density at radius 1 is 1.32 bits per heavy atom. The van der Waals surface area contributed by atoms with Gasteiger partial charge in [0.25, 0.3) is 0 Å². The molecule has 1 unspecified atom stereocenters. The highest BCUT2D eigenvalue weighted by atomic mass is 19.4. The van der Waals surface area contributed by atoms with Crippen molar-refractivity contribution in [3.63, 3.8) is 0 Å².